The smallest absolute Gasteiger partial charge is 0.255 e. The number of hydrogen-bond donors (Lipinski definition) is 2. The first kappa shape index (κ1) is 13.8. The monoisotopic (exact) mass is 272 g/mol. The average molecular weight is 272 g/mol. The number of anilines is 1. The number of carbonyl (C=O) groups is 1. The van der Waals surface area contributed by atoms with Gasteiger partial charge in [0.2, 0.25) is 5.95 Å². The van der Waals surface area contributed by atoms with Gasteiger partial charge in [0, 0.05) is 18.4 Å². The van der Waals surface area contributed by atoms with Crippen LogP contribution < -0.4 is 15.8 Å². The predicted octanol–water partition coefficient (Wildman–Crippen LogP) is 1.26. The van der Waals surface area contributed by atoms with Gasteiger partial charge < -0.3 is 15.8 Å². The highest BCUT2D eigenvalue weighted by Gasteiger charge is 2.00. The molecule has 0 fully saturated rings. The fraction of sp³-hybridized carbons (Fsp3) is 0.214. The first-order valence-electron chi connectivity index (χ1n) is 6.17. The molecule has 0 spiro atoms. The summed E-state index contributed by atoms with van der Waals surface area (Å²) in [6.45, 7) is 2.41. The van der Waals surface area contributed by atoms with Gasteiger partial charge >= 0.3 is 0 Å². The van der Waals surface area contributed by atoms with Crippen LogP contribution in [-0.4, -0.2) is 22.5 Å². The first-order valence-corrected chi connectivity index (χ1v) is 6.17. The molecular weight excluding hydrogens is 256 g/mol. The Morgan fingerprint density at radius 1 is 1.30 bits per heavy atom. The van der Waals surface area contributed by atoms with E-state index in [0.717, 1.165) is 11.3 Å². The summed E-state index contributed by atoms with van der Waals surface area (Å²) in [4.78, 5) is 19.0. The summed E-state index contributed by atoms with van der Waals surface area (Å²) < 4.78 is 5.18. The molecule has 0 aliphatic heterocycles. The van der Waals surface area contributed by atoms with Crippen LogP contribution in [0.5, 0.6) is 5.75 Å². The maximum Gasteiger partial charge on any atom is 0.255 e. The Labute approximate surface area is 117 Å². The summed E-state index contributed by atoms with van der Waals surface area (Å²) in [5.41, 5.74) is 6.98. The van der Waals surface area contributed by atoms with Crippen LogP contribution in [0.25, 0.3) is 0 Å². The molecule has 104 valence electrons. The van der Waals surface area contributed by atoms with Crippen LogP contribution in [0.1, 0.15) is 11.3 Å². The van der Waals surface area contributed by atoms with Gasteiger partial charge in [0.15, 0.2) is 6.61 Å². The normalized spacial score (nSPS) is 10.1. The van der Waals surface area contributed by atoms with Crippen molar-refractivity contribution in [1.82, 2.24) is 9.97 Å². The van der Waals surface area contributed by atoms with E-state index in [2.05, 4.69) is 15.3 Å². The quantitative estimate of drug-likeness (QED) is 0.826. The predicted molar refractivity (Wildman–Crippen MR) is 75.2 cm³/mol. The number of nitrogens with two attached hydrogens (primary N) is 1. The molecule has 2 rings (SSSR count). The summed E-state index contributed by atoms with van der Waals surface area (Å²) >= 11 is 0. The molecule has 0 aliphatic carbocycles. The second kappa shape index (κ2) is 6.51. The molecule has 0 radical (unpaired) electrons. The zero-order valence-corrected chi connectivity index (χ0v) is 11.2. The molecule has 0 unspecified atom stereocenters. The number of aromatic nitrogens is 2. The third kappa shape index (κ3) is 4.24. The molecule has 6 nitrogen and oxygen atoms in total. The molecule has 0 aliphatic rings. The van der Waals surface area contributed by atoms with Crippen molar-refractivity contribution in [3.8, 4) is 5.75 Å². The van der Waals surface area contributed by atoms with E-state index in [9.17, 15) is 4.79 Å². The molecule has 3 N–H and O–H groups in total. The number of benzene rings is 1. The number of primary amides is 1. The lowest BCUT2D eigenvalue weighted by molar-refractivity contribution is -0.119. The Balaban J connectivity index is 1.89. The van der Waals surface area contributed by atoms with Crippen molar-refractivity contribution < 1.29 is 9.53 Å². The van der Waals surface area contributed by atoms with E-state index in [1.54, 1.807) is 18.3 Å². The average Bonchev–Trinajstić information content (AvgIpc) is 2.44. The van der Waals surface area contributed by atoms with Crippen molar-refractivity contribution in [1.29, 1.82) is 0 Å². The summed E-state index contributed by atoms with van der Waals surface area (Å²) in [7, 11) is 0. The third-order valence-corrected chi connectivity index (χ3v) is 2.55. The van der Waals surface area contributed by atoms with Gasteiger partial charge in [-0.15, -0.1) is 0 Å². The molecule has 0 saturated carbocycles. The van der Waals surface area contributed by atoms with Crippen LogP contribution in [0.4, 0.5) is 5.95 Å². The van der Waals surface area contributed by atoms with Crippen molar-refractivity contribution in [2.24, 2.45) is 5.73 Å². The molecule has 2 aromatic rings. The van der Waals surface area contributed by atoms with Gasteiger partial charge in [0.1, 0.15) is 5.75 Å². The topological polar surface area (TPSA) is 90.1 Å². The second-order valence-corrected chi connectivity index (χ2v) is 4.27. The highest BCUT2D eigenvalue weighted by Crippen LogP contribution is 2.13. The van der Waals surface area contributed by atoms with Crippen molar-refractivity contribution in [3.63, 3.8) is 0 Å². The van der Waals surface area contributed by atoms with Gasteiger partial charge in [-0.3, -0.25) is 4.79 Å². The number of ether oxygens (including phenoxy) is 1. The maximum absolute atomic E-state index is 10.6. The SMILES string of the molecule is Cc1ccnc(NCc2ccc(OCC(N)=O)cc2)n1. The molecule has 6 heteroatoms. The molecule has 0 bridgehead atoms. The van der Waals surface area contributed by atoms with Gasteiger partial charge in [-0.05, 0) is 30.7 Å². The van der Waals surface area contributed by atoms with E-state index in [0.29, 0.717) is 18.2 Å². The van der Waals surface area contributed by atoms with Gasteiger partial charge in [0.25, 0.3) is 5.91 Å². The fourth-order valence-electron chi connectivity index (χ4n) is 1.57. The number of rotatable bonds is 6. The Kier molecular flexibility index (Phi) is 4.49. The lowest BCUT2D eigenvalue weighted by atomic mass is 10.2. The number of amides is 1. The van der Waals surface area contributed by atoms with Crippen molar-refractivity contribution in [3.05, 3.63) is 47.8 Å². The highest BCUT2D eigenvalue weighted by atomic mass is 16.5. The van der Waals surface area contributed by atoms with E-state index < -0.39 is 5.91 Å². The van der Waals surface area contributed by atoms with Crippen LogP contribution in [0.15, 0.2) is 36.5 Å². The zero-order chi connectivity index (χ0) is 14.4. The Morgan fingerprint density at radius 2 is 2.05 bits per heavy atom. The molecule has 1 amide bonds. The van der Waals surface area contributed by atoms with Crippen LogP contribution in [0, 0.1) is 6.92 Å². The maximum atomic E-state index is 10.6. The number of nitrogens with zero attached hydrogens (tertiary/aromatic N) is 2. The molecule has 1 aromatic carbocycles. The van der Waals surface area contributed by atoms with Crippen molar-refractivity contribution in [2.75, 3.05) is 11.9 Å². The summed E-state index contributed by atoms with van der Waals surface area (Å²) in [5.74, 6) is 0.714. The van der Waals surface area contributed by atoms with E-state index in [4.69, 9.17) is 10.5 Å². The fourth-order valence-corrected chi connectivity index (χ4v) is 1.57. The number of nitrogens with one attached hydrogen (secondary N) is 1. The number of aryl methyl sites for hydroxylation is 1. The van der Waals surface area contributed by atoms with Crippen LogP contribution in [-0.2, 0) is 11.3 Å². The summed E-state index contributed by atoms with van der Waals surface area (Å²) in [5, 5.41) is 3.13. The van der Waals surface area contributed by atoms with E-state index >= 15 is 0 Å². The van der Waals surface area contributed by atoms with E-state index in [1.807, 2.05) is 25.1 Å². The van der Waals surface area contributed by atoms with Gasteiger partial charge in [-0.1, -0.05) is 12.1 Å². The van der Waals surface area contributed by atoms with Crippen molar-refractivity contribution in [2.45, 2.75) is 13.5 Å². The lowest BCUT2D eigenvalue weighted by Crippen LogP contribution is -2.19. The molecule has 1 aromatic heterocycles. The first-order chi connectivity index (χ1) is 9.63. The largest absolute Gasteiger partial charge is 0.484 e. The summed E-state index contributed by atoms with van der Waals surface area (Å²) in [6, 6.07) is 9.22. The van der Waals surface area contributed by atoms with Crippen molar-refractivity contribution >= 4 is 11.9 Å². The van der Waals surface area contributed by atoms with Crippen LogP contribution >= 0.6 is 0 Å². The minimum atomic E-state index is -0.493. The van der Waals surface area contributed by atoms with Gasteiger partial charge in [-0.25, -0.2) is 9.97 Å². The lowest BCUT2D eigenvalue weighted by Gasteiger charge is -2.07. The Bertz CT molecular complexity index is 584. The van der Waals surface area contributed by atoms with Gasteiger partial charge in [0.05, 0.1) is 0 Å². The molecule has 0 atom stereocenters. The Hall–Kier alpha value is -2.63. The molecule has 1 heterocycles. The van der Waals surface area contributed by atoms with Gasteiger partial charge in [-0.2, -0.15) is 0 Å². The third-order valence-electron chi connectivity index (χ3n) is 2.55. The highest BCUT2D eigenvalue weighted by molar-refractivity contribution is 5.75. The number of hydrogen-bond acceptors (Lipinski definition) is 5. The second-order valence-electron chi connectivity index (χ2n) is 4.27. The van der Waals surface area contributed by atoms with E-state index in [1.165, 1.54) is 0 Å². The number of carbonyl (C=O) groups excluding carboxylic acids is 1. The molecule has 20 heavy (non-hydrogen) atoms. The van der Waals surface area contributed by atoms with E-state index in [-0.39, 0.29) is 6.61 Å². The standard InChI is InChI=1S/C14H16N4O2/c1-10-6-7-16-14(18-10)17-8-11-2-4-12(5-3-11)20-9-13(15)19/h2-7H,8-9H2,1H3,(H2,15,19)(H,16,17,18). The minimum absolute atomic E-state index is 0.116. The minimum Gasteiger partial charge on any atom is -0.484 e. The summed E-state index contributed by atoms with van der Waals surface area (Å²) in [6.07, 6.45) is 1.71. The molecule has 0 saturated heterocycles. The van der Waals surface area contributed by atoms with Crippen LogP contribution in [0.3, 0.4) is 0 Å². The zero-order valence-electron chi connectivity index (χ0n) is 11.2. The Morgan fingerprint density at radius 3 is 2.70 bits per heavy atom. The van der Waals surface area contributed by atoms with Crippen LogP contribution in [0.2, 0.25) is 0 Å². The molecular formula is C14H16N4O2.